The smallest absolute Gasteiger partial charge is 0.306 e. The van der Waals surface area contributed by atoms with E-state index in [0.717, 1.165) is 35.0 Å². The fourth-order valence-corrected chi connectivity index (χ4v) is 5.51. The number of rotatable bonds is 19. The maximum Gasteiger partial charge on any atom is 0.306 e. The summed E-state index contributed by atoms with van der Waals surface area (Å²) in [6.45, 7) is 15.9. The van der Waals surface area contributed by atoms with Crippen molar-refractivity contribution < 1.29 is 14.3 Å². The standard InChI is InChI=1S/C34H55N3O3/c1-8-11-22-34(7,21-9-2)23-16-12-13-19-30(38)40-33(5,6)24-20-27(25-39-10-3)36-31-26(4)28-17-14-15-18-29(28)37-32(31)35/h14-15,17-18H,8-13,16,19-25H2,1-7H3,(H2,35,37). The van der Waals surface area contributed by atoms with Gasteiger partial charge in [0.1, 0.15) is 17.1 Å². The van der Waals surface area contributed by atoms with E-state index in [9.17, 15) is 4.79 Å². The minimum atomic E-state index is -0.591. The Balaban J connectivity index is 1.92. The summed E-state index contributed by atoms with van der Waals surface area (Å²) in [5.74, 6) is 0.297. The lowest BCUT2D eigenvalue weighted by Crippen LogP contribution is -2.29. The number of hydrogen-bond acceptors (Lipinski definition) is 6. The molecule has 1 aromatic carbocycles. The molecule has 0 aliphatic carbocycles. The van der Waals surface area contributed by atoms with Crippen molar-refractivity contribution in [3.63, 3.8) is 0 Å². The van der Waals surface area contributed by atoms with Crippen LogP contribution in [-0.2, 0) is 14.3 Å². The van der Waals surface area contributed by atoms with Crippen molar-refractivity contribution >= 4 is 34.1 Å². The Morgan fingerprint density at radius 2 is 1.65 bits per heavy atom. The fourth-order valence-electron chi connectivity index (χ4n) is 5.51. The predicted molar refractivity (Wildman–Crippen MR) is 170 cm³/mol. The number of fused-ring (bicyclic) bond motifs is 1. The summed E-state index contributed by atoms with van der Waals surface area (Å²) in [7, 11) is 0. The number of benzene rings is 1. The highest BCUT2D eigenvalue weighted by Gasteiger charge is 2.25. The number of anilines is 1. The molecule has 0 aliphatic heterocycles. The molecule has 6 heteroatoms. The van der Waals surface area contributed by atoms with E-state index in [1.807, 2.05) is 52.0 Å². The first-order chi connectivity index (χ1) is 19.0. The predicted octanol–water partition coefficient (Wildman–Crippen LogP) is 9.28. The van der Waals surface area contributed by atoms with Gasteiger partial charge in [-0.25, -0.2) is 4.98 Å². The van der Waals surface area contributed by atoms with Crippen molar-refractivity contribution in [3.05, 3.63) is 29.8 Å². The average molecular weight is 554 g/mol. The molecule has 224 valence electrons. The van der Waals surface area contributed by atoms with Crippen LogP contribution in [0.5, 0.6) is 0 Å². The zero-order chi connectivity index (χ0) is 29.6. The number of pyridine rings is 1. The third-order valence-corrected chi connectivity index (χ3v) is 7.94. The maximum atomic E-state index is 12.7. The van der Waals surface area contributed by atoms with Gasteiger partial charge in [-0.2, -0.15) is 0 Å². The van der Waals surface area contributed by atoms with Crippen LogP contribution in [0.1, 0.15) is 124 Å². The molecule has 1 unspecified atom stereocenters. The lowest BCUT2D eigenvalue weighted by Gasteiger charge is -2.29. The minimum Gasteiger partial charge on any atom is -0.460 e. The number of para-hydroxylation sites is 1. The topological polar surface area (TPSA) is 86.8 Å². The second kappa shape index (κ2) is 16.7. The van der Waals surface area contributed by atoms with Gasteiger partial charge in [0.15, 0.2) is 0 Å². The number of unbranched alkanes of at least 4 members (excludes halogenated alkanes) is 3. The Labute approximate surface area is 243 Å². The Morgan fingerprint density at radius 3 is 2.35 bits per heavy atom. The third-order valence-electron chi connectivity index (χ3n) is 7.94. The monoisotopic (exact) mass is 553 g/mol. The molecular formula is C34H55N3O3. The number of nitrogens with zero attached hydrogens (tertiary/aromatic N) is 2. The quantitative estimate of drug-likeness (QED) is 0.106. The van der Waals surface area contributed by atoms with Crippen molar-refractivity contribution in [2.24, 2.45) is 10.4 Å². The molecule has 0 radical (unpaired) electrons. The van der Waals surface area contributed by atoms with Crippen molar-refractivity contribution in [1.82, 2.24) is 4.98 Å². The molecule has 0 saturated heterocycles. The van der Waals surface area contributed by atoms with E-state index < -0.39 is 5.60 Å². The van der Waals surface area contributed by atoms with E-state index in [2.05, 4.69) is 25.8 Å². The van der Waals surface area contributed by atoms with E-state index in [1.54, 1.807) is 0 Å². The molecule has 2 N–H and O–H groups in total. The summed E-state index contributed by atoms with van der Waals surface area (Å²) in [5, 5.41) is 1.04. The van der Waals surface area contributed by atoms with Crippen LogP contribution in [0.15, 0.2) is 29.3 Å². The number of aromatic nitrogens is 1. The largest absolute Gasteiger partial charge is 0.460 e. The second-order valence-electron chi connectivity index (χ2n) is 12.3. The molecule has 0 amide bonds. The molecule has 0 bridgehead atoms. The van der Waals surface area contributed by atoms with E-state index in [4.69, 9.17) is 20.2 Å². The lowest BCUT2D eigenvalue weighted by molar-refractivity contribution is -0.157. The van der Waals surface area contributed by atoms with Crippen molar-refractivity contribution in [2.45, 2.75) is 131 Å². The number of hydrogen-bond donors (Lipinski definition) is 1. The normalized spacial score (nSPS) is 13.9. The van der Waals surface area contributed by atoms with Crippen molar-refractivity contribution in [2.75, 3.05) is 18.9 Å². The van der Waals surface area contributed by atoms with Crippen LogP contribution < -0.4 is 5.73 Å². The average Bonchev–Trinajstić information content (AvgIpc) is 2.90. The summed E-state index contributed by atoms with van der Waals surface area (Å²) in [5.41, 5.74) is 9.59. The van der Waals surface area contributed by atoms with Gasteiger partial charge in [-0.15, -0.1) is 0 Å². The summed E-state index contributed by atoms with van der Waals surface area (Å²) < 4.78 is 11.6. The van der Waals surface area contributed by atoms with Crippen LogP contribution in [0.25, 0.3) is 10.9 Å². The molecular weight excluding hydrogens is 498 g/mol. The van der Waals surface area contributed by atoms with Crippen LogP contribution in [0.3, 0.4) is 0 Å². The highest BCUT2D eigenvalue weighted by molar-refractivity contribution is 5.94. The SMILES string of the molecule is CCCCC(C)(CCC)CCCCCC(=O)OC(C)(C)CCC(COCC)=Nc1c(N)nc2ccccc2c1C. The van der Waals surface area contributed by atoms with Crippen LogP contribution in [-0.4, -0.2) is 35.5 Å². The minimum absolute atomic E-state index is 0.116. The van der Waals surface area contributed by atoms with Crippen molar-refractivity contribution in [1.29, 1.82) is 0 Å². The number of carbonyl (C=O) groups is 1. The van der Waals surface area contributed by atoms with E-state index >= 15 is 0 Å². The van der Waals surface area contributed by atoms with Crippen LogP contribution in [0.4, 0.5) is 11.5 Å². The van der Waals surface area contributed by atoms with Crippen LogP contribution in [0, 0.1) is 12.3 Å². The Kier molecular flexibility index (Phi) is 14.1. The number of esters is 1. The first-order valence-electron chi connectivity index (χ1n) is 15.5. The Morgan fingerprint density at radius 1 is 0.925 bits per heavy atom. The van der Waals surface area contributed by atoms with Gasteiger partial charge >= 0.3 is 5.97 Å². The zero-order valence-corrected chi connectivity index (χ0v) is 26.4. The number of aliphatic imine (C=N–C) groups is 1. The number of aryl methyl sites for hydroxylation is 1. The summed E-state index contributed by atoms with van der Waals surface area (Å²) in [6.07, 6.45) is 12.6. The number of ether oxygens (including phenoxy) is 2. The first-order valence-corrected chi connectivity index (χ1v) is 15.5. The zero-order valence-electron chi connectivity index (χ0n) is 26.4. The first kappa shape index (κ1) is 33.7. The van der Waals surface area contributed by atoms with Gasteiger partial charge < -0.3 is 15.2 Å². The fraction of sp³-hybridized carbons (Fsp3) is 0.676. The molecule has 40 heavy (non-hydrogen) atoms. The number of nitrogens with two attached hydrogens (primary N) is 1. The summed E-state index contributed by atoms with van der Waals surface area (Å²) in [6, 6.07) is 7.95. The van der Waals surface area contributed by atoms with E-state index in [-0.39, 0.29) is 5.97 Å². The van der Waals surface area contributed by atoms with Crippen LogP contribution in [0.2, 0.25) is 0 Å². The second-order valence-corrected chi connectivity index (χ2v) is 12.3. The van der Waals surface area contributed by atoms with Gasteiger partial charge in [0, 0.05) is 24.1 Å². The molecule has 2 rings (SSSR count). The van der Waals surface area contributed by atoms with Gasteiger partial charge in [-0.1, -0.05) is 71.1 Å². The molecule has 6 nitrogen and oxygen atoms in total. The summed E-state index contributed by atoms with van der Waals surface area (Å²) >= 11 is 0. The maximum absolute atomic E-state index is 12.7. The molecule has 1 aromatic heterocycles. The van der Waals surface area contributed by atoms with Crippen LogP contribution >= 0.6 is 0 Å². The molecule has 1 heterocycles. The van der Waals surface area contributed by atoms with E-state index in [0.29, 0.717) is 49.4 Å². The molecule has 0 aliphatic rings. The van der Waals surface area contributed by atoms with Gasteiger partial charge in [0.25, 0.3) is 0 Å². The molecule has 2 aromatic rings. The highest BCUT2D eigenvalue weighted by atomic mass is 16.6. The lowest BCUT2D eigenvalue weighted by atomic mass is 9.76. The Bertz CT molecular complexity index is 1100. The van der Waals surface area contributed by atoms with Gasteiger partial charge in [-0.05, 0) is 83.3 Å². The molecule has 0 spiro atoms. The number of nitrogen functional groups attached to an aromatic ring is 1. The van der Waals surface area contributed by atoms with Crippen molar-refractivity contribution in [3.8, 4) is 0 Å². The molecule has 1 atom stereocenters. The molecule has 0 fully saturated rings. The van der Waals surface area contributed by atoms with E-state index in [1.165, 1.54) is 44.9 Å². The third kappa shape index (κ3) is 11.2. The van der Waals surface area contributed by atoms with Gasteiger partial charge in [-0.3, -0.25) is 9.79 Å². The number of carbonyl (C=O) groups excluding carboxylic acids is 1. The molecule has 0 saturated carbocycles. The van der Waals surface area contributed by atoms with Gasteiger partial charge in [0.2, 0.25) is 0 Å². The van der Waals surface area contributed by atoms with Gasteiger partial charge in [0.05, 0.1) is 12.1 Å². The summed E-state index contributed by atoms with van der Waals surface area (Å²) in [4.78, 5) is 22.2. The highest BCUT2D eigenvalue weighted by Crippen LogP contribution is 2.36. The Hall–Kier alpha value is -2.47.